The number of aliphatic hydroxyl groups is 1. The lowest BCUT2D eigenvalue weighted by atomic mass is 9.70. The number of rotatable bonds is 0. The molecule has 2 aliphatic carbocycles. The van der Waals surface area contributed by atoms with Crippen molar-refractivity contribution in [3.8, 4) is 0 Å². The van der Waals surface area contributed by atoms with Crippen LogP contribution >= 0.6 is 0 Å². The van der Waals surface area contributed by atoms with Gasteiger partial charge in [0.05, 0.1) is 6.04 Å². The van der Waals surface area contributed by atoms with E-state index in [-0.39, 0.29) is 18.0 Å². The summed E-state index contributed by atoms with van der Waals surface area (Å²) in [5.41, 5.74) is -0.488. The maximum atomic E-state index is 11.5. The fourth-order valence-corrected chi connectivity index (χ4v) is 4.36. The van der Waals surface area contributed by atoms with Crippen LogP contribution < -0.4 is 4.90 Å². The van der Waals surface area contributed by atoms with Crippen molar-refractivity contribution in [1.82, 2.24) is 10.2 Å². The van der Waals surface area contributed by atoms with Gasteiger partial charge in [0.25, 0.3) is 5.69 Å². The van der Waals surface area contributed by atoms with Gasteiger partial charge in [0.15, 0.2) is 5.60 Å². The first-order valence-corrected chi connectivity index (χ1v) is 6.92. The Bertz CT molecular complexity index is 519. The van der Waals surface area contributed by atoms with E-state index in [1.165, 1.54) is 5.06 Å². The molecule has 2 fully saturated rings. The molecule has 4 rings (SSSR count). The van der Waals surface area contributed by atoms with E-state index in [2.05, 4.69) is 9.79 Å². The molecule has 7 heteroatoms. The third kappa shape index (κ3) is 1.28. The molecule has 0 radical (unpaired) electrons. The maximum Gasteiger partial charge on any atom is 0.254 e. The molecule has 1 saturated heterocycles. The van der Waals surface area contributed by atoms with Crippen LogP contribution in [-0.2, 0) is 12.0 Å². The first kappa shape index (κ1) is 11.6. The Morgan fingerprint density at radius 1 is 1.37 bits per heavy atom. The first-order valence-electron chi connectivity index (χ1n) is 6.92. The van der Waals surface area contributed by atoms with Crippen molar-refractivity contribution in [2.75, 3.05) is 0 Å². The number of hydrogen-bond acceptors (Lipinski definition) is 6. The zero-order chi connectivity index (χ0) is 13.2. The van der Waals surface area contributed by atoms with Gasteiger partial charge in [-0.2, -0.15) is 5.06 Å². The Labute approximate surface area is 109 Å². The average Bonchev–Trinajstić information content (AvgIpc) is 2.90. The Hall–Kier alpha value is -1.18. The summed E-state index contributed by atoms with van der Waals surface area (Å²) in [6.07, 6.45) is 4.86. The van der Waals surface area contributed by atoms with Gasteiger partial charge in [0, 0.05) is 23.5 Å². The lowest BCUT2D eigenvalue weighted by Crippen LogP contribution is -2.49. The third-order valence-corrected chi connectivity index (χ3v) is 5.20. The molecule has 0 aromatic carbocycles. The van der Waals surface area contributed by atoms with Crippen LogP contribution in [-0.4, -0.2) is 32.6 Å². The van der Waals surface area contributed by atoms with Crippen LogP contribution in [0.3, 0.4) is 0 Å². The van der Waals surface area contributed by atoms with Crippen LogP contribution in [0.2, 0.25) is 0 Å². The third-order valence-electron chi connectivity index (χ3n) is 5.20. The Morgan fingerprint density at radius 2 is 2.16 bits per heavy atom. The highest BCUT2D eigenvalue weighted by atomic mass is 16.8. The summed E-state index contributed by atoms with van der Waals surface area (Å²) >= 11 is 0. The molecule has 1 aliphatic heterocycles. The fourth-order valence-electron chi connectivity index (χ4n) is 4.36. The van der Waals surface area contributed by atoms with Crippen molar-refractivity contribution in [2.24, 2.45) is 5.92 Å². The van der Waals surface area contributed by atoms with Gasteiger partial charge >= 0.3 is 0 Å². The number of hydrogen-bond donors (Lipinski definition) is 2. The Morgan fingerprint density at radius 3 is 3.00 bits per heavy atom. The van der Waals surface area contributed by atoms with E-state index in [0.717, 1.165) is 25.7 Å². The highest BCUT2D eigenvalue weighted by Gasteiger charge is 2.65. The van der Waals surface area contributed by atoms with Crippen LogP contribution in [0.15, 0.2) is 4.63 Å². The van der Waals surface area contributed by atoms with Gasteiger partial charge in [-0.25, -0.2) is 0 Å². The van der Waals surface area contributed by atoms with Crippen LogP contribution in [0.1, 0.15) is 43.5 Å². The lowest BCUT2D eigenvalue weighted by molar-refractivity contribution is -0.808. The minimum absolute atomic E-state index is 0.0356. The number of aromatic nitrogens is 2. The highest BCUT2D eigenvalue weighted by molar-refractivity contribution is 5.27. The standard InChI is InChI=1S/C12H17N3O4/c16-12-7-3-1-2-4-8(7)14(17)10(12)6-5-9-11(12)13-19-15(9)18/h7-8,10,16-17H,1-6H2. The lowest BCUT2D eigenvalue weighted by Gasteiger charge is -2.35. The topological polar surface area (TPSA) is 96.7 Å². The van der Waals surface area contributed by atoms with Gasteiger partial charge in [-0.15, -0.1) is 0 Å². The monoisotopic (exact) mass is 267 g/mol. The van der Waals surface area contributed by atoms with Crippen molar-refractivity contribution < 1.29 is 19.8 Å². The second-order valence-electron chi connectivity index (χ2n) is 5.94. The zero-order valence-corrected chi connectivity index (χ0v) is 10.5. The quantitative estimate of drug-likeness (QED) is 0.646. The van der Waals surface area contributed by atoms with Crippen LogP contribution in [0, 0.1) is 11.1 Å². The molecule has 19 heavy (non-hydrogen) atoms. The molecule has 0 spiro atoms. The molecule has 1 aromatic heterocycles. The Balaban J connectivity index is 1.86. The van der Waals surface area contributed by atoms with Gasteiger partial charge in [-0.05, 0) is 24.2 Å². The van der Waals surface area contributed by atoms with E-state index in [1.54, 1.807) is 0 Å². The molecule has 7 nitrogen and oxygen atoms in total. The largest absolute Gasteiger partial charge is 0.379 e. The number of hydroxylamine groups is 2. The summed E-state index contributed by atoms with van der Waals surface area (Å²) in [6.45, 7) is 0. The van der Waals surface area contributed by atoms with Gasteiger partial charge in [-0.1, -0.05) is 12.8 Å². The Kier molecular flexibility index (Phi) is 2.25. The second-order valence-corrected chi connectivity index (χ2v) is 5.94. The van der Waals surface area contributed by atoms with Crippen molar-refractivity contribution in [2.45, 2.75) is 56.2 Å². The molecule has 1 aromatic rings. The van der Waals surface area contributed by atoms with E-state index in [1.807, 2.05) is 0 Å². The summed E-state index contributed by atoms with van der Waals surface area (Å²) in [6, 6.07) is -0.412. The molecule has 2 N–H and O–H groups in total. The number of nitrogens with zero attached hydrogens (tertiary/aromatic N) is 3. The van der Waals surface area contributed by atoms with Gasteiger partial charge < -0.3 is 15.5 Å². The zero-order valence-electron chi connectivity index (χ0n) is 10.5. The predicted molar refractivity (Wildman–Crippen MR) is 60.8 cm³/mol. The highest BCUT2D eigenvalue weighted by Crippen LogP contribution is 2.53. The van der Waals surface area contributed by atoms with E-state index < -0.39 is 5.60 Å². The second kappa shape index (κ2) is 3.68. The van der Waals surface area contributed by atoms with Gasteiger partial charge in [0.1, 0.15) is 0 Å². The minimum Gasteiger partial charge on any atom is -0.379 e. The van der Waals surface area contributed by atoms with Gasteiger partial charge in [0.2, 0.25) is 5.69 Å². The van der Waals surface area contributed by atoms with Crippen molar-refractivity contribution >= 4 is 0 Å². The van der Waals surface area contributed by atoms with Crippen molar-refractivity contribution in [3.63, 3.8) is 0 Å². The van der Waals surface area contributed by atoms with Crippen molar-refractivity contribution in [3.05, 3.63) is 16.6 Å². The van der Waals surface area contributed by atoms with E-state index >= 15 is 0 Å². The molecule has 1 saturated carbocycles. The maximum absolute atomic E-state index is 11.5. The fraction of sp³-hybridized carbons (Fsp3) is 0.833. The minimum atomic E-state index is -1.24. The van der Waals surface area contributed by atoms with Crippen LogP contribution in [0.25, 0.3) is 0 Å². The smallest absolute Gasteiger partial charge is 0.254 e. The number of fused-ring (bicyclic) bond motifs is 5. The molecular weight excluding hydrogens is 250 g/mol. The molecule has 104 valence electrons. The summed E-state index contributed by atoms with van der Waals surface area (Å²) in [5, 5.41) is 38.1. The average molecular weight is 267 g/mol. The normalized spacial score (nSPS) is 41.7. The molecule has 3 aliphatic rings. The molecule has 0 bridgehead atoms. The van der Waals surface area contributed by atoms with E-state index in [4.69, 9.17) is 0 Å². The SMILES string of the molecule is [O-][n+]1onc2c1CCC1N(O)C3CCCCC3C21O. The summed E-state index contributed by atoms with van der Waals surface area (Å²) in [4.78, 5) is 0.390. The van der Waals surface area contributed by atoms with Crippen LogP contribution in [0.4, 0.5) is 0 Å². The molecule has 4 atom stereocenters. The molecule has 0 amide bonds. The molecule has 2 heterocycles. The summed E-state index contributed by atoms with van der Waals surface area (Å²) in [7, 11) is 0. The summed E-state index contributed by atoms with van der Waals surface area (Å²) < 4.78 is 4.66. The van der Waals surface area contributed by atoms with Gasteiger partial charge in [-0.3, -0.25) is 4.63 Å². The van der Waals surface area contributed by atoms with E-state index in [0.29, 0.717) is 29.1 Å². The van der Waals surface area contributed by atoms with Crippen molar-refractivity contribution in [1.29, 1.82) is 0 Å². The predicted octanol–water partition coefficient (Wildman–Crippen LogP) is 0.0740. The van der Waals surface area contributed by atoms with E-state index in [9.17, 15) is 15.5 Å². The van der Waals surface area contributed by atoms with Crippen LogP contribution in [0.5, 0.6) is 0 Å². The summed E-state index contributed by atoms with van der Waals surface area (Å²) in [5.74, 6) is -0.0691. The molecule has 4 unspecified atom stereocenters. The first-order chi connectivity index (χ1) is 9.14. The molecular formula is C12H17N3O4.